The second kappa shape index (κ2) is 9.48. The first-order valence-corrected chi connectivity index (χ1v) is 10.9. The molecule has 0 N–H and O–H groups in total. The number of pyridine rings is 1. The quantitative estimate of drug-likeness (QED) is 0.578. The molecule has 152 valence electrons. The molecule has 1 aliphatic heterocycles. The normalized spacial score (nSPS) is 17.4. The van der Waals surface area contributed by atoms with Crippen LogP contribution in [0, 0.1) is 6.92 Å². The molecule has 4 rings (SSSR count). The molecule has 0 spiro atoms. The van der Waals surface area contributed by atoms with E-state index in [0.717, 1.165) is 49.1 Å². The number of aromatic nitrogens is 2. The number of morpholine rings is 1. The van der Waals surface area contributed by atoms with E-state index in [4.69, 9.17) is 14.5 Å². The van der Waals surface area contributed by atoms with Gasteiger partial charge in [0, 0.05) is 43.3 Å². The van der Waals surface area contributed by atoms with Crippen LogP contribution in [0.1, 0.15) is 39.7 Å². The Labute approximate surface area is 176 Å². The number of nitrogens with zero attached hydrogens (tertiary/aromatic N) is 3. The molecule has 0 unspecified atom stereocenters. The number of hydrogen-bond acceptors (Lipinski definition) is 6. The average molecular weight is 410 g/mol. The first kappa shape index (κ1) is 20.0. The molecule has 1 aromatic carbocycles. The lowest BCUT2D eigenvalue weighted by atomic mass is 10.0. The molecular formula is C23H27N3O2S. The third-order valence-electron chi connectivity index (χ3n) is 5.04. The first-order valence-electron chi connectivity index (χ1n) is 10.1. The van der Waals surface area contributed by atoms with Gasteiger partial charge in [0.1, 0.15) is 11.9 Å². The van der Waals surface area contributed by atoms with Gasteiger partial charge >= 0.3 is 0 Å². The van der Waals surface area contributed by atoms with Gasteiger partial charge in [0.05, 0.1) is 23.9 Å². The van der Waals surface area contributed by atoms with Crippen LogP contribution >= 0.6 is 11.3 Å². The van der Waals surface area contributed by atoms with Crippen molar-refractivity contribution in [2.75, 3.05) is 26.3 Å². The van der Waals surface area contributed by atoms with E-state index in [9.17, 15) is 0 Å². The fraction of sp³-hybridized carbons (Fsp3) is 0.391. The number of hydrogen-bond donors (Lipinski definition) is 0. The van der Waals surface area contributed by atoms with Gasteiger partial charge in [-0.3, -0.25) is 9.88 Å². The molecule has 5 nitrogen and oxygen atoms in total. The summed E-state index contributed by atoms with van der Waals surface area (Å²) in [5.74, 6) is 0.948. The Hall–Kier alpha value is -2.28. The number of rotatable bonds is 7. The molecule has 0 bridgehead atoms. The smallest absolute Gasteiger partial charge is 0.122 e. The number of ether oxygens (including phenoxy) is 2. The van der Waals surface area contributed by atoms with E-state index in [2.05, 4.69) is 41.1 Å². The monoisotopic (exact) mass is 409 g/mol. The molecule has 0 saturated carbocycles. The summed E-state index contributed by atoms with van der Waals surface area (Å²) >= 11 is 1.77. The van der Waals surface area contributed by atoms with Gasteiger partial charge in [-0.2, -0.15) is 0 Å². The Morgan fingerprint density at radius 3 is 2.83 bits per heavy atom. The molecule has 2 aromatic heterocycles. The Kier molecular flexibility index (Phi) is 6.54. The van der Waals surface area contributed by atoms with Crippen LogP contribution in [0.4, 0.5) is 0 Å². The van der Waals surface area contributed by atoms with E-state index in [1.54, 1.807) is 11.3 Å². The van der Waals surface area contributed by atoms with Crippen LogP contribution in [0.5, 0.6) is 5.75 Å². The van der Waals surface area contributed by atoms with Crippen molar-refractivity contribution in [3.05, 3.63) is 75.5 Å². The zero-order valence-corrected chi connectivity index (χ0v) is 17.8. The fourth-order valence-electron chi connectivity index (χ4n) is 3.62. The lowest BCUT2D eigenvalue weighted by Gasteiger charge is -2.32. The minimum atomic E-state index is 0.0162. The Bertz CT molecular complexity index is 926. The molecule has 0 amide bonds. The third kappa shape index (κ3) is 5.21. The largest absolute Gasteiger partial charge is 0.494 e. The molecule has 6 heteroatoms. The summed E-state index contributed by atoms with van der Waals surface area (Å²) < 4.78 is 11.8. The van der Waals surface area contributed by atoms with Crippen LogP contribution in [-0.4, -0.2) is 41.2 Å². The standard InChI is InChI=1S/C23H27N3O2S/c1-3-27-22-7-5-4-6-19(22)12-18-8-9-21(25-13-18)23-16-26(10-11-28-23)15-20-14-24-17(2)29-20/h4-9,13-14,23H,3,10-12,15-16H2,1-2H3/t23-/m1/s1. The molecule has 1 fully saturated rings. The molecule has 1 aliphatic rings. The maximum Gasteiger partial charge on any atom is 0.122 e. The van der Waals surface area contributed by atoms with E-state index >= 15 is 0 Å². The Morgan fingerprint density at radius 2 is 2.07 bits per heavy atom. The predicted octanol–water partition coefficient (Wildman–Crippen LogP) is 4.41. The van der Waals surface area contributed by atoms with Gasteiger partial charge in [0.25, 0.3) is 0 Å². The van der Waals surface area contributed by atoms with Crippen LogP contribution in [-0.2, 0) is 17.7 Å². The van der Waals surface area contributed by atoms with E-state index in [1.807, 2.05) is 31.5 Å². The van der Waals surface area contributed by atoms with Gasteiger partial charge in [-0.1, -0.05) is 24.3 Å². The van der Waals surface area contributed by atoms with Crippen molar-refractivity contribution < 1.29 is 9.47 Å². The van der Waals surface area contributed by atoms with Gasteiger partial charge in [-0.05, 0) is 37.1 Å². The maximum atomic E-state index is 6.01. The van der Waals surface area contributed by atoms with Crippen molar-refractivity contribution in [3.8, 4) is 5.75 Å². The average Bonchev–Trinajstić information content (AvgIpc) is 3.15. The number of thiazole rings is 1. The molecule has 3 aromatic rings. The van der Waals surface area contributed by atoms with Crippen LogP contribution in [0.2, 0.25) is 0 Å². The van der Waals surface area contributed by atoms with Gasteiger partial charge in [-0.25, -0.2) is 4.98 Å². The van der Waals surface area contributed by atoms with Crippen LogP contribution in [0.3, 0.4) is 0 Å². The highest BCUT2D eigenvalue weighted by molar-refractivity contribution is 7.11. The number of para-hydroxylation sites is 1. The van der Waals surface area contributed by atoms with Crippen molar-refractivity contribution in [1.29, 1.82) is 0 Å². The molecule has 29 heavy (non-hydrogen) atoms. The zero-order valence-electron chi connectivity index (χ0n) is 17.0. The second-order valence-corrected chi connectivity index (χ2v) is 8.57. The van der Waals surface area contributed by atoms with E-state index in [0.29, 0.717) is 6.61 Å². The topological polar surface area (TPSA) is 47.5 Å². The number of benzene rings is 1. The van der Waals surface area contributed by atoms with Crippen molar-refractivity contribution in [2.24, 2.45) is 0 Å². The highest BCUT2D eigenvalue weighted by Gasteiger charge is 2.23. The summed E-state index contributed by atoms with van der Waals surface area (Å²) in [7, 11) is 0. The summed E-state index contributed by atoms with van der Waals surface area (Å²) in [5.41, 5.74) is 3.36. The summed E-state index contributed by atoms with van der Waals surface area (Å²) in [6.45, 7) is 8.19. The summed E-state index contributed by atoms with van der Waals surface area (Å²) in [4.78, 5) is 12.8. The highest BCUT2D eigenvalue weighted by atomic mass is 32.1. The predicted molar refractivity (Wildman–Crippen MR) is 115 cm³/mol. The Balaban J connectivity index is 1.39. The maximum absolute atomic E-state index is 6.01. The fourth-order valence-corrected chi connectivity index (χ4v) is 4.46. The summed E-state index contributed by atoms with van der Waals surface area (Å²) in [6, 6.07) is 12.5. The van der Waals surface area contributed by atoms with Crippen molar-refractivity contribution >= 4 is 11.3 Å². The van der Waals surface area contributed by atoms with E-state index < -0.39 is 0 Å². The van der Waals surface area contributed by atoms with Gasteiger partial charge in [0.2, 0.25) is 0 Å². The summed E-state index contributed by atoms with van der Waals surface area (Å²) in [6.07, 6.45) is 4.78. The summed E-state index contributed by atoms with van der Waals surface area (Å²) in [5, 5.41) is 1.12. The lowest BCUT2D eigenvalue weighted by molar-refractivity contribution is -0.0347. The van der Waals surface area contributed by atoms with Crippen LogP contribution in [0.15, 0.2) is 48.8 Å². The third-order valence-corrected chi connectivity index (χ3v) is 5.94. The van der Waals surface area contributed by atoms with Crippen LogP contribution < -0.4 is 4.74 Å². The van der Waals surface area contributed by atoms with Gasteiger partial charge < -0.3 is 9.47 Å². The van der Waals surface area contributed by atoms with Crippen molar-refractivity contribution in [1.82, 2.24) is 14.9 Å². The molecular weight excluding hydrogens is 382 g/mol. The van der Waals surface area contributed by atoms with Crippen molar-refractivity contribution in [2.45, 2.75) is 32.9 Å². The number of aryl methyl sites for hydroxylation is 1. The van der Waals surface area contributed by atoms with Gasteiger partial charge in [0.15, 0.2) is 0 Å². The zero-order chi connectivity index (χ0) is 20.1. The lowest BCUT2D eigenvalue weighted by Crippen LogP contribution is -2.37. The van der Waals surface area contributed by atoms with E-state index in [-0.39, 0.29) is 6.10 Å². The Morgan fingerprint density at radius 1 is 1.17 bits per heavy atom. The molecule has 3 heterocycles. The molecule has 0 aliphatic carbocycles. The SMILES string of the molecule is CCOc1ccccc1Cc1ccc([C@H]2CN(Cc3cnc(C)s3)CCO2)nc1. The highest BCUT2D eigenvalue weighted by Crippen LogP contribution is 2.25. The first-order chi connectivity index (χ1) is 14.2. The molecule has 0 radical (unpaired) electrons. The van der Waals surface area contributed by atoms with E-state index in [1.165, 1.54) is 16.0 Å². The van der Waals surface area contributed by atoms with Gasteiger partial charge in [-0.15, -0.1) is 11.3 Å². The minimum absolute atomic E-state index is 0.0162. The molecule has 1 atom stereocenters. The van der Waals surface area contributed by atoms with Crippen LogP contribution in [0.25, 0.3) is 0 Å². The second-order valence-electron chi connectivity index (χ2n) is 7.25. The minimum Gasteiger partial charge on any atom is -0.494 e. The van der Waals surface area contributed by atoms with Crippen molar-refractivity contribution in [3.63, 3.8) is 0 Å². The molecule has 1 saturated heterocycles.